The zero-order chi connectivity index (χ0) is 20.9. The van der Waals surface area contributed by atoms with E-state index in [4.69, 9.17) is 0 Å². The van der Waals surface area contributed by atoms with E-state index in [0.717, 1.165) is 44.0 Å². The minimum atomic E-state index is -0.113. The lowest BCUT2D eigenvalue weighted by atomic mass is 10.1. The lowest BCUT2D eigenvalue weighted by Gasteiger charge is -2.35. The van der Waals surface area contributed by atoms with E-state index in [2.05, 4.69) is 44.4 Å². The van der Waals surface area contributed by atoms with Gasteiger partial charge in [-0.15, -0.1) is 0 Å². The fraction of sp³-hybridized carbons (Fsp3) is 0.348. The highest BCUT2D eigenvalue weighted by Gasteiger charge is 2.23. The molecule has 0 bridgehead atoms. The van der Waals surface area contributed by atoms with Gasteiger partial charge in [0.25, 0.3) is 5.91 Å². The molecule has 1 atom stereocenters. The number of rotatable bonds is 6. The number of carbonyl (C=O) groups excluding carboxylic acids is 1. The molecule has 3 aromatic rings. The van der Waals surface area contributed by atoms with Crippen LogP contribution in [0.5, 0.6) is 0 Å². The lowest BCUT2D eigenvalue weighted by Crippen LogP contribution is -2.47. The minimum Gasteiger partial charge on any atom is -0.344 e. The number of aromatic nitrogens is 3. The molecule has 1 aliphatic heterocycles. The highest BCUT2D eigenvalue weighted by atomic mass is 16.1. The van der Waals surface area contributed by atoms with Gasteiger partial charge in [-0.25, -0.2) is 9.67 Å². The standard InChI is InChI=1S/C23H28N6O/c1-18-20(16-25-29(18)22-10-6-7-11-24-22)23(30)26-21(19-8-4-3-5-9-19)17-28-14-12-27(2)13-15-28/h3-11,16,21H,12-15,17H2,1-2H3,(H,26,30). The zero-order valence-corrected chi connectivity index (χ0v) is 17.5. The van der Waals surface area contributed by atoms with Crippen molar-refractivity contribution >= 4 is 5.91 Å². The van der Waals surface area contributed by atoms with Crippen LogP contribution in [0, 0.1) is 6.92 Å². The van der Waals surface area contributed by atoms with E-state index >= 15 is 0 Å². The van der Waals surface area contributed by atoms with Gasteiger partial charge in [0, 0.05) is 38.9 Å². The van der Waals surface area contributed by atoms with Gasteiger partial charge in [-0.2, -0.15) is 5.10 Å². The Morgan fingerprint density at radius 3 is 2.50 bits per heavy atom. The topological polar surface area (TPSA) is 66.3 Å². The van der Waals surface area contributed by atoms with Gasteiger partial charge in [0.1, 0.15) is 0 Å². The maximum atomic E-state index is 13.2. The van der Waals surface area contributed by atoms with Crippen LogP contribution in [0.1, 0.15) is 27.7 Å². The van der Waals surface area contributed by atoms with E-state index < -0.39 is 0 Å². The second-order valence-corrected chi connectivity index (χ2v) is 7.78. The van der Waals surface area contributed by atoms with Gasteiger partial charge in [0.15, 0.2) is 5.82 Å². The van der Waals surface area contributed by atoms with Crippen molar-refractivity contribution in [1.29, 1.82) is 0 Å². The number of likely N-dealkylation sites (N-methyl/N-ethyl adjacent to an activating group) is 1. The first-order valence-electron chi connectivity index (χ1n) is 10.3. The Kier molecular flexibility index (Phi) is 6.21. The summed E-state index contributed by atoms with van der Waals surface area (Å²) in [6, 6.07) is 15.7. The van der Waals surface area contributed by atoms with Crippen LogP contribution >= 0.6 is 0 Å². The summed E-state index contributed by atoms with van der Waals surface area (Å²) in [7, 11) is 2.15. The Labute approximate surface area is 177 Å². The van der Waals surface area contributed by atoms with Gasteiger partial charge in [-0.05, 0) is 31.7 Å². The van der Waals surface area contributed by atoms with Crippen molar-refractivity contribution in [2.75, 3.05) is 39.8 Å². The van der Waals surface area contributed by atoms with Crippen LogP contribution in [0.3, 0.4) is 0 Å². The SMILES string of the molecule is Cc1c(C(=O)NC(CN2CCN(C)CC2)c2ccccc2)cnn1-c1ccccn1. The first-order chi connectivity index (χ1) is 14.6. The quantitative estimate of drug-likeness (QED) is 0.683. The summed E-state index contributed by atoms with van der Waals surface area (Å²) in [5.74, 6) is 0.587. The summed E-state index contributed by atoms with van der Waals surface area (Å²) in [4.78, 5) is 22.3. The molecule has 4 rings (SSSR count). The maximum Gasteiger partial charge on any atom is 0.255 e. The first-order valence-corrected chi connectivity index (χ1v) is 10.3. The average molecular weight is 405 g/mol. The van der Waals surface area contributed by atoms with E-state index in [1.54, 1.807) is 17.1 Å². The van der Waals surface area contributed by atoms with Crippen molar-refractivity contribution in [3.8, 4) is 5.82 Å². The molecular formula is C23H28N6O. The minimum absolute atomic E-state index is 0.0836. The van der Waals surface area contributed by atoms with Crippen LogP contribution in [0.2, 0.25) is 0 Å². The molecule has 1 unspecified atom stereocenters. The number of carbonyl (C=O) groups is 1. The van der Waals surface area contributed by atoms with Gasteiger partial charge < -0.3 is 10.2 Å². The van der Waals surface area contributed by atoms with E-state index in [9.17, 15) is 4.79 Å². The zero-order valence-electron chi connectivity index (χ0n) is 17.5. The maximum absolute atomic E-state index is 13.2. The molecule has 7 heteroatoms. The molecule has 1 N–H and O–H groups in total. The number of hydrogen-bond donors (Lipinski definition) is 1. The number of benzene rings is 1. The Morgan fingerprint density at radius 1 is 1.07 bits per heavy atom. The van der Waals surface area contributed by atoms with Crippen molar-refractivity contribution in [2.45, 2.75) is 13.0 Å². The summed E-state index contributed by atoms with van der Waals surface area (Å²) in [5.41, 5.74) is 2.46. The Hall–Kier alpha value is -3.03. The van der Waals surface area contributed by atoms with Crippen molar-refractivity contribution in [3.63, 3.8) is 0 Å². The summed E-state index contributed by atoms with van der Waals surface area (Å²) in [6.07, 6.45) is 3.34. The number of pyridine rings is 1. The van der Waals surface area contributed by atoms with Crippen LogP contribution in [0.4, 0.5) is 0 Å². The molecule has 1 amide bonds. The van der Waals surface area contributed by atoms with Crippen LogP contribution in [-0.2, 0) is 0 Å². The van der Waals surface area contributed by atoms with Crippen LogP contribution in [0.15, 0.2) is 60.9 Å². The molecule has 1 aromatic carbocycles. The predicted octanol–water partition coefficient (Wildman–Crippen LogP) is 2.29. The predicted molar refractivity (Wildman–Crippen MR) is 117 cm³/mol. The van der Waals surface area contributed by atoms with Gasteiger partial charge >= 0.3 is 0 Å². The Morgan fingerprint density at radius 2 is 1.80 bits per heavy atom. The second kappa shape index (κ2) is 9.19. The van der Waals surface area contributed by atoms with Crippen molar-refractivity contribution < 1.29 is 4.79 Å². The van der Waals surface area contributed by atoms with Crippen LogP contribution in [-0.4, -0.2) is 70.2 Å². The first kappa shape index (κ1) is 20.3. The second-order valence-electron chi connectivity index (χ2n) is 7.78. The molecule has 7 nitrogen and oxygen atoms in total. The van der Waals surface area contributed by atoms with E-state index in [-0.39, 0.29) is 11.9 Å². The largest absolute Gasteiger partial charge is 0.344 e. The molecule has 1 fully saturated rings. The lowest BCUT2D eigenvalue weighted by molar-refractivity contribution is 0.0906. The Bertz CT molecular complexity index is 964. The molecule has 0 spiro atoms. The van der Waals surface area contributed by atoms with E-state index in [1.807, 2.05) is 43.3 Å². The van der Waals surface area contributed by atoms with Gasteiger partial charge in [0.05, 0.1) is 23.5 Å². The monoisotopic (exact) mass is 404 g/mol. The number of amides is 1. The van der Waals surface area contributed by atoms with Gasteiger partial charge in [0.2, 0.25) is 0 Å². The molecule has 3 heterocycles. The smallest absolute Gasteiger partial charge is 0.255 e. The van der Waals surface area contributed by atoms with Crippen molar-refractivity contribution in [1.82, 2.24) is 29.9 Å². The van der Waals surface area contributed by atoms with Crippen LogP contribution in [0.25, 0.3) is 5.82 Å². The number of nitrogens with zero attached hydrogens (tertiary/aromatic N) is 5. The molecule has 0 radical (unpaired) electrons. The van der Waals surface area contributed by atoms with Gasteiger partial charge in [-0.3, -0.25) is 9.69 Å². The Balaban J connectivity index is 1.53. The number of piperazine rings is 1. The molecule has 156 valence electrons. The molecule has 2 aromatic heterocycles. The fourth-order valence-electron chi connectivity index (χ4n) is 3.79. The van der Waals surface area contributed by atoms with E-state index in [1.165, 1.54) is 0 Å². The number of hydrogen-bond acceptors (Lipinski definition) is 5. The highest BCUT2D eigenvalue weighted by molar-refractivity contribution is 5.95. The summed E-state index contributed by atoms with van der Waals surface area (Å²) < 4.78 is 1.70. The number of nitrogens with one attached hydrogen (secondary N) is 1. The molecule has 1 aliphatic rings. The molecule has 0 aliphatic carbocycles. The molecule has 1 saturated heterocycles. The third-order valence-electron chi connectivity index (χ3n) is 5.66. The normalized spacial score (nSPS) is 16.3. The molecule has 0 saturated carbocycles. The summed E-state index contributed by atoms with van der Waals surface area (Å²) in [6.45, 7) is 6.79. The fourth-order valence-corrected chi connectivity index (χ4v) is 3.79. The molecular weight excluding hydrogens is 376 g/mol. The average Bonchev–Trinajstić information content (AvgIpc) is 3.17. The summed E-state index contributed by atoms with van der Waals surface area (Å²) in [5, 5.41) is 7.63. The van der Waals surface area contributed by atoms with Crippen LogP contribution < -0.4 is 5.32 Å². The summed E-state index contributed by atoms with van der Waals surface area (Å²) >= 11 is 0. The van der Waals surface area contributed by atoms with Crippen molar-refractivity contribution in [2.24, 2.45) is 0 Å². The third kappa shape index (κ3) is 4.58. The highest BCUT2D eigenvalue weighted by Crippen LogP contribution is 2.18. The molecule has 30 heavy (non-hydrogen) atoms. The van der Waals surface area contributed by atoms with Crippen molar-refractivity contribution in [3.05, 3.63) is 77.7 Å². The third-order valence-corrected chi connectivity index (χ3v) is 5.66. The van der Waals surface area contributed by atoms with Gasteiger partial charge in [-0.1, -0.05) is 36.4 Å². The van der Waals surface area contributed by atoms with E-state index in [0.29, 0.717) is 11.4 Å².